The molecule has 1 N–H and O–H groups in total. The summed E-state index contributed by atoms with van der Waals surface area (Å²) in [5.74, 6) is 0.542. The highest BCUT2D eigenvalue weighted by atomic mass is 32.2. The van der Waals surface area contributed by atoms with Gasteiger partial charge in [-0.05, 0) is 30.2 Å². The van der Waals surface area contributed by atoms with Crippen molar-refractivity contribution < 1.29 is 9.21 Å². The number of imidazole rings is 1. The quantitative estimate of drug-likeness (QED) is 0.455. The Labute approximate surface area is 172 Å². The Bertz CT molecular complexity index is 1230. The monoisotopic (exact) mass is 404 g/mol. The van der Waals surface area contributed by atoms with Crippen molar-refractivity contribution in [2.24, 2.45) is 5.92 Å². The standard InChI is InChI=1S/C22H20N4O2S/c1-14(2)12-26-17-9-5-4-8-16(17)24-22(26)29-13-20(27)25-21-15-7-3-6-10-18(15)28-19(21)11-23/h3-10,14H,12-13H2,1-2H3,(H,25,27). The van der Waals surface area contributed by atoms with E-state index in [0.717, 1.165) is 28.1 Å². The molecular formula is C22H20N4O2S. The number of rotatable bonds is 6. The molecular weight excluding hydrogens is 384 g/mol. The van der Waals surface area contributed by atoms with Crippen LogP contribution >= 0.6 is 11.8 Å². The van der Waals surface area contributed by atoms with E-state index in [1.54, 1.807) is 6.07 Å². The molecule has 0 unspecified atom stereocenters. The van der Waals surface area contributed by atoms with Crippen molar-refractivity contribution in [2.45, 2.75) is 25.5 Å². The lowest BCUT2D eigenvalue weighted by Crippen LogP contribution is -2.15. The number of carbonyl (C=O) groups excluding carboxylic acids is 1. The summed E-state index contributed by atoms with van der Waals surface area (Å²) >= 11 is 1.39. The van der Waals surface area contributed by atoms with Crippen LogP contribution in [0.25, 0.3) is 22.0 Å². The summed E-state index contributed by atoms with van der Waals surface area (Å²) in [5.41, 5.74) is 2.98. The van der Waals surface area contributed by atoms with Crippen molar-refractivity contribution in [1.82, 2.24) is 9.55 Å². The Kier molecular flexibility index (Phi) is 5.28. The molecule has 0 aliphatic carbocycles. The van der Waals surface area contributed by atoms with E-state index in [2.05, 4.69) is 23.7 Å². The van der Waals surface area contributed by atoms with Gasteiger partial charge < -0.3 is 14.3 Å². The minimum atomic E-state index is -0.207. The number of amides is 1. The molecule has 4 aromatic rings. The number of benzene rings is 2. The molecule has 29 heavy (non-hydrogen) atoms. The van der Waals surface area contributed by atoms with Crippen LogP contribution in [0.4, 0.5) is 5.69 Å². The van der Waals surface area contributed by atoms with E-state index in [-0.39, 0.29) is 17.4 Å². The first-order valence-electron chi connectivity index (χ1n) is 9.36. The lowest BCUT2D eigenvalue weighted by molar-refractivity contribution is -0.113. The van der Waals surface area contributed by atoms with Gasteiger partial charge in [0.15, 0.2) is 5.16 Å². The van der Waals surface area contributed by atoms with Crippen LogP contribution in [-0.4, -0.2) is 21.2 Å². The number of hydrogen-bond acceptors (Lipinski definition) is 5. The molecule has 1 amide bonds. The molecule has 0 saturated carbocycles. The lowest BCUT2D eigenvalue weighted by atomic mass is 10.2. The fourth-order valence-corrected chi connectivity index (χ4v) is 4.08. The summed E-state index contributed by atoms with van der Waals surface area (Å²) in [6.45, 7) is 5.14. The number of nitrogens with one attached hydrogen (secondary N) is 1. The van der Waals surface area contributed by atoms with E-state index in [9.17, 15) is 10.1 Å². The normalized spacial score (nSPS) is 11.2. The SMILES string of the molecule is CC(C)Cn1c(SCC(=O)Nc2c(C#N)oc3ccccc23)nc2ccccc21. The van der Waals surface area contributed by atoms with Crippen LogP contribution in [0.1, 0.15) is 19.6 Å². The summed E-state index contributed by atoms with van der Waals surface area (Å²) in [6, 6.07) is 17.3. The first-order valence-corrected chi connectivity index (χ1v) is 10.3. The zero-order valence-corrected chi connectivity index (χ0v) is 17.0. The number of para-hydroxylation sites is 3. The van der Waals surface area contributed by atoms with Gasteiger partial charge >= 0.3 is 0 Å². The van der Waals surface area contributed by atoms with Crippen LogP contribution in [-0.2, 0) is 11.3 Å². The van der Waals surface area contributed by atoms with Crippen molar-refractivity contribution in [2.75, 3.05) is 11.1 Å². The van der Waals surface area contributed by atoms with Crippen molar-refractivity contribution >= 4 is 45.4 Å². The van der Waals surface area contributed by atoms with E-state index in [0.29, 0.717) is 17.2 Å². The third kappa shape index (κ3) is 3.84. The summed E-state index contributed by atoms with van der Waals surface area (Å²) in [7, 11) is 0. The summed E-state index contributed by atoms with van der Waals surface area (Å²) < 4.78 is 7.67. The number of hydrogen-bond donors (Lipinski definition) is 1. The number of anilines is 1. The van der Waals surface area contributed by atoms with E-state index < -0.39 is 0 Å². The van der Waals surface area contributed by atoms with Crippen molar-refractivity contribution in [3.63, 3.8) is 0 Å². The van der Waals surface area contributed by atoms with Gasteiger partial charge in [-0.15, -0.1) is 0 Å². The average Bonchev–Trinajstić information content (AvgIpc) is 3.24. The molecule has 146 valence electrons. The topological polar surface area (TPSA) is 83.9 Å². The molecule has 6 nitrogen and oxygen atoms in total. The molecule has 0 bridgehead atoms. The third-order valence-corrected chi connectivity index (χ3v) is 5.44. The maximum absolute atomic E-state index is 12.6. The van der Waals surface area contributed by atoms with Crippen LogP contribution in [0.2, 0.25) is 0 Å². The van der Waals surface area contributed by atoms with Crippen LogP contribution in [0, 0.1) is 17.2 Å². The molecule has 4 rings (SSSR count). The number of thioether (sulfide) groups is 1. The lowest BCUT2D eigenvalue weighted by Gasteiger charge is -2.11. The van der Waals surface area contributed by atoms with E-state index in [1.165, 1.54) is 11.8 Å². The Morgan fingerprint density at radius 3 is 2.79 bits per heavy atom. The molecule has 0 spiro atoms. The van der Waals surface area contributed by atoms with Crippen molar-refractivity contribution in [1.29, 1.82) is 5.26 Å². The second kappa shape index (κ2) is 8.02. The van der Waals surface area contributed by atoms with Crippen LogP contribution in [0.15, 0.2) is 58.1 Å². The van der Waals surface area contributed by atoms with Gasteiger partial charge in [-0.2, -0.15) is 5.26 Å². The molecule has 2 aromatic carbocycles. The minimum Gasteiger partial charge on any atom is -0.443 e. The van der Waals surface area contributed by atoms with Gasteiger partial charge in [0, 0.05) is 11.9 Å². The Balaban J connectivity index is 1.55. The first-order chi connectivity index (χ1) is 14.1. The molecule has 0 aliphatic heterocycles. The molecule has 7 heteroatoms. The molecule has 0 aliphatic rings. The second-order valence-corrected chi connectivity index (χ2v) is 8.08. The third-order valence-electron chi connectivity index (χ3n) is 4.46. The van der Waals surface area contributed by atoms with E-state index in [1.807, 2.05) is 48.5 Å². The second-order valence-electron chi connectivity index (χ2n) is 7.14. The zero-order valence-electron chi connectivity index (χ0n) is 16.2. The smallest absolute Gasteiger partial charge is 0.234 e. The summed E-state index contributed by atoms with van der Waals surface area (Å²) in [6.07, 6.45) is 0. The first kappa shape index (κ1) is 19.1. The number of carbonyl (C=O) groups is 1. The van der Waals surface area contributed by atoms with Crippen LogP contribution in [0.5, 0.6) is 0 Å². The van der Waals surface area contributed by atoms with Gasteiger partial charge in [0.05, 0.1) is 16.8 Å². The highest BCUT2D eigenvalue weighted by molar-refractivity contribution is 7.99. The number of nitrogens with zero attached hydrogens (tertiary/aromatic N) is 3. The van der Waals surface area contributed by atoms with Gasteiger partial charge in [0.2, 0.25) is 11.7 Å². The predicted molar refractivity (Wildman–Crippen MR) is 115 cm³/mol. The molecule has 0 saturated heterocycles. The fourth-order valence-electron chi connectivity index (χ4n) is 3.26. The molecule has 0 radical (unpaired) electrons. The Morgan fingerprint density at radius 1 is 1.24 bits per heavy atom. The highest BCUT2D eigenvalue weighted by Crippen LogP contribution is 2.31. The van der Waals surface area contributed by atoms with Crippen LogP contribution < -0.4 is 5.32 Å². The van der Waals surface area contributed by atoms with Gasteiger partial charge in [0.1, 0.15) is 17.3 Å². The minimum absolute atomic E-state index is 0.108. The number of aromatic nitrogens is 2. The van der Waals surface area contributed by atoms with Gasteiger partial charge in [-0.3, -0.25) is 4.79 Å². The van der Waals surface area contributed by atoms with Gasteiger partial charge in [-0.1, -0.05) is 49.9 Å². The maximum Gasteiger partial charge on any atom is 0.234 e. The number of fused-ring (bicyclic) bond motifs is 2. The Morgan fingerprint density at radius 2 is 2.00 bits per heavy atom. The average molecular weight is 404 g/mol. The summed E-state index contributed by atoms with van der Waals surface area (Å²) in [5, 5.41) is 13.7. The molecule has 0 atom stereocenters. The van der Waals surface area contributed by atoms with Crippen molar-refractivity contribution in [3.05, 3.63) is 54.3 Å². The predicted octanol–water partition coefficient (Wildman–Crippen LogP) is 5.04. The van der Waals surface area contributed by atoms with Crippen molar-refractivity contribution in [3.8, 4) is 6.07 Å². The fraction of sp³-hybridized carbons (Fsp3) is 0.227. The number of nitriles is 1. The highest BCUT2D eigenvalue weighted by Gasteiger charge is 2.18. The largest absolute Gasteiger partial charge is 0.443 e. The molecule has 2 heterocycles. The maximum atomic E-state index is 12.6. The van der Waals surface area contributed by atoms with E-state index in [4.69, 9.17) is 9.40 Å². The van der Waals surface area contributed by atoms with Gasteiger partial charge in [0.25, 0.3) is 0 Å². The van der Waals surface area contributed by atoms with Gasteiger partial charge in [-0.25, -0.2) is 4.98 Å². The van der Waals surface area contributed by atoms with Crippen LogP contribution in [0.3, 0.4) is 0 Å². The Hall–Kier alpha value is -3.24. The number of furan rings is 1. The van der Waals surface area contributed by atoms with E-state index >= 15 is 0 Å². The molecule has 2 aromatic heterocycles. The molecule has 0 fully saturated rings. The summed E-state index contributed by atoms with van der Waals surface area (Å²) in [4.78, 5) is 17.3. The zero-order chi connectivity index (χ0) is 20.4.